The normalized spacial score (nSPS) is 22.1. The zero-order valence-electron chi connectivity index (χ0n) is 16.5. The van der Waals surface area contributed by atoms with E-state index < -0.39 is 0 Å². The summed E-state index contributed by atoms with van der Waals surface area (Å²) in [6.07, 6.45) is 3.92. The molecule has 0 atom stereocenters. The Bertz CT molecular complexity index is 909. The minimum absolute atomic E-state index is 0.0605. The molecule has 1 aliphatic carbocycles. The molecule has 4 N–H and O–H groups in total. The minimum atomic E-state index is 0.0605. The third-order valence-corrected chi connectivity index (χ3v) is 5.47. The molecule has 8 nitrogen and oxygen atoms in total. The molecule has 30 heavy (non-hydrogen) atoms. The van der Waals surface area contributed by atoms with E-state index in [4.69, 9.17) is 0 Å². The van der Waals surface area contributed by atoms with Gasteiger partial charge in [0.15, 0.2) is 0 Å². The first-order chi connectivity index (χ1) is 14.9. The number of hydrazone groups is 2. The Labute approximate surface area is 175 Å². The average molecular weight is 400 g/mol. The molecule has 0 aromatic heterocycles. The fourth-order valence-electron chi connectivity index (χ4n) is 4.10. The molecule has 2 aromatic carbocycles. The Morgan fingerprint density at radius 1 is 0.700 bits per heavy atom. The third-order valence-electron chi connectivity index (χ3n) is 5.47. The first-order valence-corrected chi connectivity index (χ1v) is 10.2. The van der Waals surface area contributed by atoms with E-state index in [1.165, 1.54) is 22.3 Å². The molecule has 0 bridgehead atoms. The second-order valence-electron chi connectivity index (χ2n) is 7.31. The fraction of sp³-hybridized carbons (Fsp3) is 0.273. The Morgan fingerprint density at radius 2 is 1.10 bits per heavy atom. The molecule has 2 heterocycles. The Balaban J connectivity index is 1.46. The lowest BCUT2D eigenvalue weighted by molar-refractivity contribution is 0.882. The van der Waals surface area contributed by atoms with E-state index in [1.807, 2.05) is 12.4 Å². The van der Waals surface area contributed by atoms with Gasteiger partial charge in [-0.25, -0.2) is 20.8 Å². The van der Waals surface area contributed by atoms with E-state index in [0.717, 1.165) is 38.1 Å². The molecule has 0 amide bonds. The van der Waals surface area contributed by atoms with Gasteiger partial charge in [0, 0.05) is 37.4 Å². The van der Waals surface area contributed by atoms with Gasteiger partial charge in [-0.3, -0.25) is 0 Å². The number of hydrogen-bond donors (Lipinski definition) is 4. The van der Waals surface area contributed by atoms with Crippen LogP contribution in [0, 0.1) is 0 Å². The van der Waals surface area contributed by atoms with E-state index in [0.29, 0.717) is 0 Å². The highest BCUT2D eigenvalue weighted by Gasteiger charge is 2.30. The van der Waals surface area contributed by atoms with Crippen LogP contribution >= 0.6 is 0 Å². The smallest absolute Gasteiger partial charge is 0.212 e. The molecule has 0 saturated carbocycles. The molecule has 0 spiro atoms. The van der Waals surface area contributed by atoms with Gasteiger partial charge in [0.25, 0.3) is 0 Å². The van der Waals surface area contributed by atoms with Crippen molar-refractivity contribution in [3.8, 4) is 0 Å². The van der Waals surface area contributed by atoms with Crippen LogP contribution < -0.4 is 21.5 Å². The van der Waals surface area contributed by atoms with Crippen LogP contribution in [0.1, 0.15) is 34.1 Å². The Hall–Kier alpha value is -3.68. The summed E-state index contributed by atoms with van der Waals surface area (Å²) in [7, 11) is 0. The van der Waals surface area contributed by atoms with Crippen molar-refractivity contribution >= 4 is 24.3 Å². The van der Waals surface area contributed by atoms with Crippen molar-refractivity contribution in [3.63, 3.8) is 0 Å². The predicted molar refractivity (Wildman–Crippen MR) is 120 cm³/mol. The summed E-state index contributed by atoms with van der Waals surface area (Å²) < 4.78 is 0. The number of guanidine groups is 2. The van der Waals surface area contributed by atoms with Gasteiger partial charge >= 0.3 is 0 Å². The lowest BCUT2D eigenvalue weighted by atomic mass is 9.73. The van der Waals surface area contributed by atoms with Crippen LogP contribution in [0.2, 0.25) is 0 Å². The summed E-state index contributed by atoms with van der Waals surface area (Å²) in [5.74, 6) is 1.57. The zero-order chi connectivity index (χ0) is 20.2. The largest absolute Gasteiger partial charge is 0.353 e. The van der Waals surface area contributed by atoms with Crippen LogP contribution in [0.15, 0.2) is 68.7 Å². The number of hydrogen-bond acceptors (Lipinski definition) is 8. The highest BCUT2D eigenvalue weighted by atomic mass is 15.4. The van der Waals surface area contributed by atoms with E-state index in [-0.39, 0.29) is 11.8 Å². The maximum Gasteiger partial charge on any atom is 0.212 e. The van der Waals surface area contributed by atoms with Crippen LogP contribution in [0.5, 0.6) is 0 Å². The van der Waals surface area contributed by atoms with Crippen molar-refractivity contribution in [1.29, 1.82) is 0 Å². The van der Waals surface area contributed by atoms with E-state index in [9.17, 15) is 0 Å². The predicted octanol–water partition coefficient (Wildman–Crippen LogP) is 1.33. The Kier molecular flexibility index (Phi) is 5.12. The van der Waals surface area contributed by atoms with Crippen molar-refractivity contribution in [2.75, 3.05) is 26.2 Å². The van der Waals surface area contributed by atoms with E-state index in [2.05, 4.69) is 90.2 Å². The number of aliphatic imine (C=N–C) groups is 2. The van der Waals surface area contributed by atoms with Crippen LogP contribution in [-0.4, -0.2) is 50.5 Å². The second-order valence-corrected chi connectivity index (χ2v) is 7.31. The quantitative estimate of drug-likeness (QED) is 0.460. The highest BCUT2D eigenvalue weighted by molar-refractivity contribution is 5.86. The molecular weight excluding hydrogens is 376 g/mol. The second kappa shape index (κ2) is 8.36. The summed E-state index contributed by atoms with van der Waals surface area (Å²) in [4.78, 5) is 8.65. The maximum atomic E-state index is 4.48. The lowest BCUT2D eigenvalue weighted by Gasteiger charge is -2.30. The summed E-state index contributed by atoms with van der Waals surface area (Å²) >= 11 is 0. The summed E-state index contributed by atoms with van der Waals surface area (Å²) in [5.41, 5.74) is 11.0. The van der Waals surface area contributed by atoms with Crippen molar-refractivity contribution in [2.45, 2.75) is 11.8 Å². The maximum absolute atomic E-state index is 4.48. The van der Waals surface area contributed by atoms with Crippen LogP contribution in [0.3, 0.4) is 0 Å². The minimum Gasteiger partial charge on any atom is -0.353 e. The lowest BCUT2D eigenvalue weighted by Crippen LogP contribution is -2.31. The van der Waals surface area contributed by atoms with Gasteiger partial charge in [0.2, 0.25) is 11.9 Å². The van der Waals surface area contributed by atoms with E-state index >= 15 is 0 Å². The first kappa shape index (κ1) is 18.4. The molecule has 5 rings (SSSR count). The van der Waals surface area contributed by atoms with Crippen molar-refractivity contribution in [2.24, 2.45) is 20.2 Å². The van der Waals surface area contributed by atoms with Gasteiger partial charge < -0.3 is 10.6 Å². The van der Waals surface area contributed by atoms with Gasteiger partial charge in [-0.05, 0) is 22.3 Å². The van der Waals surface area contributed by atoms with Crippen molar-refractivity contribution in [1.82, 2.24) is 21.5 Å². The summed E-state index contributed by atoms with van der Waals surface area (Å²) in [6.45, 7) is 3.27. The molecular formula is C22H24N8. The molecule has 2 aromatic rings. The molecule has 0 fully saturated rings. The SMILES string of the molecule is C(=N\NC1=NCCN1)/C1c2ccccc2C(/C=N/NC2=NCCN2)c2ccccc21. The van der Waals surface area contributed by atoms with Crippen LogP contribution in [-0.2, 0) is 0 Å². The first-order valence-electron chi connectivity index (χ1n) is 10.2. The Morgan fingerprint density at radius 3 is 1.43 bits per heavy atom. The number of benzene rings is 2. The highest BCUT2D eigenvalue weighted by Crippen LogP contribution is 2.41. The van der Waals surface area contributed by atoms with Gasteiger partial charge in [0.1, 0.15) is 0 Å². The average Bonchev–Trinajstić information content (AvgIpc) is 3.49. The molecule has 0 radical (unpaired) electrons. The van der Waals surface area contributed by atoms with Crippen LogP contribution in [0.25, 0.3) is 0 Å². The standard InChI is InChI=1S/C22H24N8/c1-2-6-16-15(5-1)19(13-27-29-21-23-9-10-24-21)17-7-3-4-8-18(17)20(16)14-28-30-22-25-11-12-26-22/h1-8,13-14,19-20H,9-12H2,(H2,23,24,29)(H2,25,26,30)/b27-13+,28-14+. The van der Waals surface area contributed by atoms with Gasteiger partial charge in [0.05, 0.1) is 13.1 Å². The number of nitrogens with one attached hydrogen (secondary N) is 4. The number of nitrogens with zero attached hydrogens (tertiary/aromatic N) is 4. The fourth-order valence-corrected chi connectivity index (χ4v) is 4.10. The van der Waals surface area contributed by atoms with E-state index in [1.54, 1.807) is 0 Å². The number of fused-ring (bicyclic) bond motifs is 2. The van der Waals surface area contributed by atoms with Gasteiger partial charge in [-0.15, -0.1) is 0 Å². The summed E-state index contributed by atoms with van der Waals surface area (Å²) in [5, 5.41) is 15.3. The van der Waals surface area contributed by atoms with Crippen molar-refractivity contribution in [3.05, 3.63) is 70.8 Å². The molecule has 0 saturated heterocycles. The summed E-state index contributed by atoms with van der Waals surface area (Å²) in [6, 6.07) is 17.0. The van der Waals surface area contributed by atoms with Crippen LogP contribution in [0.4, 0.5) is 0 Å². The van der Waals surface area contributed by atoms with Gasteiger partial charge in [-0.2, -0.15) is 10.2 Å². The zero-order valence-corrected chi connectivity index (χ0v) is 16.5. The molecule has 0 unspecified atom stereocenters. The topological polar surface area (TPSA) is 97.6 Å². The molecule has 8 heteroatoms. The molecule has 152 valence electrons. The molecule has 3 aliphatic rings. The number of rotatable bonds is 4. The van der Waals surface area contributed by atoms with Gasteiger partial charge in [-0.1, -0.05) is 48.5 Å². The third kappa shape index (κ3) is 3.63. The van der Waals surface area contributed by atoms with Crippen molar-refractivity contribution < 1.29 is 0 Å². The monoisotopic (exact) mass is 400 g/mol. The molecule has 2 aliphatic heterocycles.